The summed E-state index contributed by atoms with van der Waals surface area (Å²) in [6.45, 7) is 4.39. The van der Waals surface area contributed by atoms with Crippen molar-refractivity contribution in [3.63, 3.8) is 0 Å². The molecule has 0 bridgehead atoms. The van der Waals surface area contributed by atoms with Crippen LogP contribution in [0.1, 0.15) is 46.0 Å². The van der Waals surface area contributed by atoms with E-state index in [1.807, 2.05) is 0 Å². The number of carbonyl (C=O) groups is 1. The third-order valence-corrected chi connectivity index (χ3v) is 10.3. The van der Waals surface area contributed by atoms with E-state index in [0.717, 1.165) is 0 Å². The molecule has 2 nitrogen and oxygen atoms in total. The molecule has 90 valence electrons. The Kier molecular flexibility index (Phi) is 11.6. The number of carbonyl (C=O) groups excluding carboxylic acids is 1. The molecular formula is C11H24O2SSn. The molecule has 0 aromatic carbocycles. The van der Waals surface area contributed by atoms with Gasteiger partial charge in [0.05, 0.1) is 0 Å². The molecule has 0 fully saturated rings. The third kappa shape index (κ3) is 9.54. The molecule has 0 aliphatic heterocycles. The summed E-state index contributed by atoms with van der Waals surface area (Å²) in [5.74, 6) is 0.608. The van der Waals surface area contributed by atoms with Crippen molar-refractivity contribution in [2.75, 3.05) is 5.75 Å². The van der Waals surface area contributed by atoms with Crippen LogP contribution in [-0.2, 0) is 7.87 Å². The van der Waals surface area contributed by atoms with Gasteiger partial charge in [0.2, 0.25) is 0 Å². The van der Waals surface area contributed by atoms with Crippen molar-refractivity contribution >= 4 is 38.8 Å². The Morgan fingerprint density at radius 3 is 2.13 bits per heavy atom. The van der Waals surface area contributed by atoms with Crippen molar-refractivity contribution in [1.82, 2.24) is 0 Å². The molecule has 0 rings (SSSR count). The second kappa shape index (κ2) is 11.1. The van der Waals surface area contributed by atoms with E-state index in [1.165, 1.54) is 34.6 Å². The van der Waals surface area contributed by atoms with Gasteiger partial charge in [-0.25, -0.2) is 0 Å². The second-order valence-electron chi connectivity index (χ2n) is 3.87. The molecule has 0 heterocycles. The monoisotopic (exact) mass is 340 g/mol. The van der Waals surface area contributed by atoms with Crippen LogP contribution in [-0.4, -0.2) is 31.9 Å². The molecule has 0 saturated heterocycles. The van der Waals surface area contributed by atoms with Crippen LogP contribution in [0, 0.1) is 0 Å². The van der Waals surface area contributed by atoms with E-state index in [0.29, 0.717) is 12.2 Å². The van der Waals surface area contributed by atoms with Gasteiger partial charge in [-0.2, -0.15) is 0 Å². The Balaban J connectivity index is 3.82. The van der Waals surface area contributed by atoms with Gasteiger partial charge in [-0.1, -0.05) is 0 Å². The summed E-state index contributed by atoms with van der Waals surface area (Å²) in [6, 6.07) is 0. The SMILES string of the molecule is CCC[CH2][SnH]([CH2]CCC)[O]C(=O)CCS. The fraction of sp³-hybridized carbons (Fsp3) is 0.909. The van der Waals surface area contributed by atoms with E-state index in [-0.39, 0.29) is 5.97 Å². The van der Waals surface area contributed by atoms with E-state index in [9.17, 15) is 4.79 Å². The average Bonchev–Trinajstić information content (AvgIpc) is 2.22. The molecule has 0 unspecified atom stereocenters. The van der Waals surface area contributed by atoms with Crippen molar-refractivity contribution < 1.29 is 7.87 Å². The zero-order chi connectivity index (χ0) is 11.5. The number of hydrogen-bond acceptors (Lipinski definition) is 3. The summed E-state index contributed by atoms with van der Waals surface area (Å²) in [4.78, 5) is 11.4. The van der Waals surface area contributed by atoms with Crippen molar-refractivity contribution in [2.45, 2.75) is 54.8 Å². The van der Waals surface area contributed by atoms with Crippen LogP contribution in [0.15, 0.2) is 0 Å². The molecule has 0 aliphatic rings. The number of hydrogen-bond donors (Lipinski definition) is 1. The molecule has 0 aromatic heterocycles. The second-order valence-corrected chi connectivity index (χ2v) is 11.8. The summed E-state index contributed by atoms with van der Waals surface area (Å²) in [7, 11) is 0. The molecule has 15 heavy (non-hydrogen) atoms. The first-order chi connectivity index (χ1) is 7.24. The molecule has 0 atom stereocenters. The van der Waals surface area contributed by atoms with Gasteiger partial charge in [0.15, 0.2) is 0 Å². The quantitative estimate of drug-likeness (QED) is 0.516. The Labute approximate surface area is 107 Å². The Hall–Kier alpha value is 0.619. The number of unbranched alkanes of at least 4 members (excludes halogenated alkanes) is 2. The summed E-state index contributed by atoms with van der Waals surface area (Å²) in [5.41, 5.74) is 0. The van der Waals surface area contributed by atoms with E-state index in [1.54, 1.807) is 0 Å². The van der Waals surface area contributed by atoms with Crippen LogP contribution < -0.4 is 0 Å². The van der Waals surface area contributed by atoms with E-state index in [2.05, 4.69) is 26.5 Å². The maximum absolute atomic E-state index is 11.4. The van der Waals surface area contributed by atoms with Gasteiger partial charge in [0, 0.05) is 0 Å². The van der Waals surface area contributed by atoms with Crippen molar-refractivity contribution in [3.05, 3.63) is 0 Å². The van der Waals surface area contributed by atoms with Crippen LogP contribution >= 0.6 is 12.6 Å². The predicted molar refractivity (Wildman–Crippen MR) is 71.1 cm³/mol. The van der Waals surface area contributed by atoms with Crippen LogP contribution in [0.5, 0.6) is 0 Å². The normalized spacial score (nSPS) is 10.7. The van der Waals surface area contributed by atoms with Gasteiger partial charge >= 0.3 is 107 Å². The van der Waals surface area contributed by atoms with E-state index >= 15 is 0 Å². The molecule has 4 heteroatoms. The molecular weight excluding hydrogens is 315 g/mol. The first-order valence-electron chi connectivity index (χ1n) is 6.04. The first kappa shape index (κ1) is 15.6. The predicted octanol–water partition coefficient (Wildman–Crippen LogP) is 3.17. The van der Waals surface area contributed by atoms with Crippen LogP contribution in [0.2, 0.25) is 8.87 Å². The van der Waals surface area contributed by atoms with E-state index < -0.39 is 20.2 Å². The summed E-state index contributed by atoms with van der Waals surface area (Å²) in [6.07, 6.45) is 5.37. The molecule has 0 saturated carbocycles. The van der Waals surface area contributed by atoms with Gasteiger partial charge in [-0.05, 0) is 0 Å². The average molecular weight is 339 g/mol. The van der Waals surface area contributed by atoms with Gasteiger partial charge in [-0.3, -0.25) is 0 Å². The Bertz CT molecular complexity index is 157. The minimum absolute atomic E-state index is 0.00185. The first-order valence-corrected chi connectivity index (χ1v) is 12.7. The van der Waals surface area contributed by atoms with Crippen molar-refractivity contribution in [2.24, 2.45) is 0 Å². The zero-order valence-corrected chi connectivity index (χ0v) is 14.2. The molecule has 0 aromatic rings. The molecule has 0 spiro atoms. The van der Waals surface area contributed by atoms with Gasteiger partial charge in [0.25, 0.3) is 0 Å². The van der Waals surface area contributed by atoms with Gasteiger partial charge in [-0.15, -0.1) is 0 Å². The van der Waals surface area contributed by atoms with Gasteiger partial charge < -0.3 is 0 Å². The summed E-state index contributed by atoms with van der Waals surface area (Å²) in [5, 5.41) is 0. The van der Waals surface area contributed by atoms with Crippen LogP contribution in [0.25, 0.3) is 0 Å². The van der Waals surface area contributed by atoms with Crippen molar-refractivity contribution in [3.8, 4) is 0 Å². The standard InChI is InChI=1S/2C4H9.C3H6O2S.Sn.H/c2*1-3-4-2;4-3(5)1-2-6;;/h2*1,3-4H2,2H3;6H,1-2H2,(H,4,5);;/q;;;+1;/p-1. The summed E-state index contributed by atoms with van der Waals surface area (Å²) >= 11 is 2.10. The molecule has 0 radical (unpaired) electrons. The number of thiol groups is 1. The van der Waals surface area contributed by atoms with Crippen molar-refractivity contribution in [1.29, 1.82) is 0 Å². The molecule has 0 N–H and O–H groups in total. The topological polar surface area (TPSA) is 26.3 Å². The number of rotatable bonds is 9. The third-order valence-electron chi connectivity index (χ3n) is 2.37. The zero-order valence-electron chi connectivity index (χ0n) is 10.00. The molecule has 0 amide bonds. The fourth-order valence-electron chi connectivity index (χ4n) is 1.46. The van der Waals surface area contributed by atoms with Gasteiger partial charge in [0.1, 0.15) is 0 Å². The molecule has 0 aliphatic carbocycles. The van der Waals surface area contributed by atoms with E-state index in [4.69, 9.17) is 3.07 Å². The fourth-order valence-corrected chi connectivity index (χ4v) is 9.47. The summed E-state index contributed by atoms with van der Waals surface area (Å²) < 4.78 is 8.05. The van der Waals surface area contributed by atoms with Crippen LogP contribution in [0.3, 0.4) is 0 Å². The van der Waals surface area contributed by atoms with Crippen LogP contribution in [0.4, 0.5) is 0 Å². The minimum atomic E-state index is -1.95. The Morgan fingerprint density at radius 1 is 1.20 bits per heavy atom. The Morgan fingerprint density at radius 2 is 1.73 bits per heavy atom. The maximum atomic E-state index is 11.4.